The quantitative estimate of drug-likeness (QED) is 0.262. The lowest BCUT2D eigenvalue weighted by Gasteiger charge is -2.12. The number of allylic oxidation sites excluding steroid dienone is 1. The first-order valence-corrected chi connectivity index (χ1v) is 7.87. The molecule has 0 saturated heterocycles. The van der Waals surface area contributed by atoms with Gasteiger partial charge in [-0.1, -0.05) is 42.5 Å². The van der Waals surface area contributed by atoms with Gasteiger partial charge in [-0.05, 0) is 68.2 Å². The molecule has 2 heteroatoms. The van der Waals surface area contributed by atoms with Gasteiger partial charge in [0.25, 0.3) is 0 Å². The molecule has 0 N–H and O–H groups in total. The van der Waals surface area contributed by atoms with E-state index < -0.39 is 11.6 Å². The molecule has 24 heavy (non-hydrogen) atoms. The van der Waals surface area contributed by atoms with Gasteiger partial charge in [0.2, 0.25) is 11.6 Å². The largest absolute Gasteiger partial charge is 0.286 e. The van der Waals surface area contributed by atoms with Crippen LogP contribution in [-0.2, 0) is 4.79 Å². The van der Waals surface area contributed by atoms with Crippen LogP contribution in [0.15, 0.2) is 66.7 Å². The van der Waals surface area contributed by atoms with Crippen LogP contribution >= 0.6 is 0 Å². The average Bonchev–Trinajstić information content (AvgIpc) is 2.62. The van der Waals surface area contributed by atoms with E-state index in [9.17, 15) is 9.59 Å². The molecule has 0 amide bonds. The Morgan fingerprint density at radius 3 is 2.04 bits per heavy atom. The second kappa shape index (κ2) is 4.62. The fourth-order valence-electron chi connectivity index (χ4n) is 3.52. The molecule has 0 atom stereocenters. The monoisotopic (exact) mass is 308 g/mol. The second-order valence-corrected chi connectivity index (χ2v) is 6.17. The summed E-state index contributed by atoms with van der Waals surface area (Å²) in [5.41, 5.74) is 1.31. The summed E-state index contributed by atoms with van der Waals surface area (Å²) >= 11 is 0. The van der Waals surface area contributed by atoms with Gasteiger partial charge in [0.05, 0.1) is 0 Å². The third kappa shape index (κ3) is 1.77. The van der Waals surface area contributed by atoms with Crippen LogP contribution in [0.4, 0.5) is 0 Å². The molecule has 1 aliphatic carbocycles. The van der Waals surface area contributed by atoms with E-state index in [0.29, 0.717) is 5.56 Å². The molecule has 0 fully saturated rings. The zero-order chi connectivity index (χ0) is 16.3. The van der Waals surface area contributed by atoms with Gasteiger partial charge in [0.15, 0.2) is 0 Å². The van der Waals surface area contributed by atoms with Crippen LogP contribution in [0.3, 0.4) is 0 Å². The van der Waals surface area contributed by atoms with Crippen molar-refractivity contribution in [1.82, 2.24) is 0 Å². The van der Waals surface area contributed by atoms with Crippen LogP contribution in [0.1, 0.15) is 15.9 Å². The Hall–Kier alpha value is -3.26. The lowest BCUT2D eigenvalue weighted by molar-refractivity contribution is -0.110. The number of hydrogen-bond acceptors (Lipinski definition) is 2. The number of benzene rings is 4. The molecule has 0 bridgehead atoms. The first-order valence-electron chi connectivity index (χ1n) is 7.87. The molecule has 4 aromatic carbocycles. The Morgan fingerprint density at radius 1 is 0.583 bits per heavy atom. The molecule has 0 radical (unpaired) electrons. The van der Waals surface area contributed by atoms with Crippen molar-refractivity contribution < 1.29 is 9.59 Å². The van der Waals surface area contributed by atoms with Gasteiger partial charge in [0, 0.05) is 5.56 Å². The van der Waals surface area contributed by atoms with Crippen molar-refractivity contribution in [3.05, 3.63) is 77.9 Å². The van der Waals surface area contributed by atoms with E-state index in [-0.39, 0.29) is 0 Å². The number of carbonyl (C=O) groups is 2. The van der Waals surface area contributed by atoms with Crippen LogP contribution in [0.25, 0.3) is 38.4 Å². The van der Waals surface area contributed by atoms with E-state index in [1.54, 1.807) is 6.08 Å². The van der Waals surface area contributed by atoms with Crippen LogP contribution in [0, 0.1) is 0 Å². The number of ketones is 2. The van der Waals surface area contributed by atoms with E-state index in [1.165, 1.54) is 11.5 Å². The maximum absolute atomic E-state index is 12.2. The van der Waals surface area contributed by atoms with Crippen molar-refractivity contribution in [2.45, 2.75) is 0 Å². The summed E-state index contributed by atoms with van der Waals surface area (Å²) in [7, 11) is 0. The highest BCUT2D eigenvalue weighted by Gasteiger charge is 2.21. The third-order valence-electron chi connectivity index (χ3n) is 4.75. The van der Waals surface area contributed by atoms with Gasteiger partial charge < -0.3 is 0 Å². The summed E-state index contributed by atoms with van der Waals surface area (Å²) in [5.74, 6) is -0.875. The predicted molar refractivity (Wildman–Crippen MR) is 97.3 cm³/mol. The first kappa shape index (κ1) is 13.2. The van der Waals surface area contributed by atoms with Crippen LogP contribution < -0.4 is 0 Å². The van der Waals surface area contributed by atoms with E-state index in [0.717, 1.165) is 32.5 Å². The van der Waals surface area contributed by atoms with Crippen molar-refractivity contribution in [3.63, 3.8) is 0 Å². The lowest BCUT2D eigenvalue weighted by atomic mass is 9.90. The maximum atomic E-state index is 12.2. The average molecular weight is 308 g/mol. The number of rotatable bonds is 0. The standard InChI is InChI=1S/C22H12O2/c23-21-8-7-17-10-16-6-5-15-9-13-3-1-2-4-14(13)11-18(15)19(16)12-20(17)22(21)24/h1-12H. The second-order valence-electron chi connectivity index (χ2n) is 6.17. The zero-order valence-electron chi connectivity index (χ0n) is 12.7. The van der Waals surface area contributed by atoms with Gasteiger partial charge in [-0.2, -0.15) is 0 Å². The zero-order valence-corrected chi connectivity index (χ0v) is 12.7. The number of carbonyl (C=O) groups excluding carboxylic acids is 2. The topological polar surface area (TPSA) is 34.1 Å². The Bertz CT molecular complexity index is 1230. The minimum atomic E-state index is -0.451. The smallest absolute Gasteiger partial charge is 0.233 e. The first-order chi connectivity index (χ1) is 11.7. The summed E-state index contributed by atoms with van der Waals surface area (Å²) in [6, 6.07) is 20.6. The molecule has 1 aliphatic rings. The fourth-order valence-corrected chi connectivity index (χ4v) is 3.52. The Labute approximate surface area is 138 Å². The summed E-state index contributed by atoms with van der Waals surface area (Å²) in [4.78, 5) is 23.9. The van der Waals surface area contributed by atoms with Gasteiger partial charge in [0.1, 0.15) is 0 Å². The highest BCUT2D eigenvalue weighted by atomic mass is 16.2. The molecule has 4 aromatic rings. The lowest BCUT2D eigenvalue weighted by Crippen LogP contribution is -2.16. The molecule has 0 aromatic heterocycles. The molecular weight excluding hydrogens is 296 g/mol. The minimum absolute atomic E-state index is 0.424. The molecule has 0 unspecified atom stereocenters. The van der Waals surface area contributed by atoms with Crippen molar-refractivity contribution in [3.8, 4) is 0 Å². The van der Waals surface area contributed by atoms with E-state index in [1.807, 2.05) is 24.3 Å². The Morgan fingerprint density at radius 2 is 1.25 bits per heavy atom. The van der Waals surface area contributed by atoms with Gasteiger partial charge in [-0.3, -0.25) is 9.59 Å². The third-order valence-corrected chi connectivity index (χ3v) is 4.75. The fraction of sp³-hybridized carbons (Fsp3) is 0. The van der Waals surface area contributed by atoms with Crippen molar-refractivity contribution in [2.75, 3.05) is 0 Å². The molecule has 112 valence electrons. The number of Topliss-reactive ketones (excluding diaryl/α,β-unsaturated/α-hetero) is 1. The van der Waals surface area contributed by atoms with E-state index >= 15 is 0 Å². The van der Waals surface area contributed by atoms with Crippen LogP contribution in [-0.4, -0.2) is 11.6 Å². The molecular formula is C22H12O2. The highest BCUT2D eigenvalue weighted by molar-refractivity contribution is 6.50. The maximum Gasteiger partial charge on any atom is 0.233 e. The summed E-state index contributed by atoms with van der Waals surface area (Å²) in [6.45, 7) is 0. The highest BCUT2D eigenvalue weighted by Crippen LogP contribution is 2.32. The number of fused-ring (bicyclic) bond motifs is 5. The molecule has 2 nitrogen and oxygen atoms in total. The Kier molecular flexibility index (Phi) is 2.54. The molecule has 5 rings (SSSR count). The van der Waals surface area contributed by atoms with E-state index in [4.69, 9.17) is 0 Å². The van der Waals surface area contributed by atoms with Gasteiger partial charge in [-0.25, -0.2) is 0 Å². The Balaban J connectivity index is 1.93. The SMILES string of the molecule is O=C1C=Cc2cc3ccc4cc5ccccc5cc4c3cc2C1=O. The summed E-state index contributed by atoms with van der Waals surface area (Å²) in [5, 5.41) is 6.67. The van der Waals surface area contributed by atoms with Crippen molar-refractivity contribution >= 4 is 50.0 Å². The molecule has 0 heterocycles. The van der Waals surface area contributed by atoms with E-state index in [2.05, 4.69) is 36.4 Å². The summed E-state index contributed by atoms with van der Waals surface area (Å²) in [6.07, 6.45) is 3.08. The van der Waals surface area contributed by atoms with Gasteiger partial charge >= 0.3 is 0 Å². The minimum Gasteiger partial charge on any atom is -0.286 e. The molecule has 0 saturated carbocycles. The van der Waals surface area contributed by atoms with Crippen LogP contribution in [0.2, 0.25) is 0 Å². The summed E-state index contributed by atoms with van der Waals surface area (Å²) < 4.78 is 0. The predicted octanol–water partition coefficient (Wildman–Crippen LogP) is 4.92. The normalized spacial score (nSPS) is 13.8. The van der Waals surface area contributed by atoms with Gasteiger partial charge in [-0.15, -0.1) is 0 Å². The number of hydrogen-bond donors (Lipinski definition) is 0. The molecule has 0 spiro atoms. The molecule has 0 aliphatic heterocycles. The van der Waals surface area contributed by atoms with Crippen molar-refractivity contribution in [1.29, 1.82) is 0 Å². The van der Waals surface area contributed by atoms with Crippen molar-refractivity contribution in [2.24, 2.45) is 0 Å². The van der Waals surface area contributed by atoms with Crippen LogP contribution in [0.5, 0.6) is 0 Å².